The van der Waals surface area contributed by atoms with E-state index in [1.54, 1.807) is 31.2 Å². The van der Waals surface area contributed by atoms with E-state index in [4.69, 9.17) is 0 Å². The fourth-order valence-electron chi connectivity index (χ4n) is 2.01. The van der Waals surface area contributed by atoms with Gasteiger partial charge in [0.25, 0.3) is 0 Å². The van der Waals surface area contributed by atoms with Crippen LogP contribution in [0.3, 0.4) is 0 Å². The first kappa shape index (κ1) is 16.5. The summed E-state index contributed by atoms with van der Waals surface area (Å²) in [6, 6.07) is 4.81. The first-order chi connectivity index (χ1) is 10.2. The Morgan fingerprint density at radius 3 is 2.59 bits per heavy atom. The number of imidazole rings is 1. The molecule has 0 saturated carbocycles. The van der Waals surface area contributed by atoms with Crippen molar-refractivity contribution < 1.29 is 18.0 Å². The summed E-state index contributed by atoms with van der Waals surface area (Å²) in [5.74, 6) is -0.135. The summed E-state index contributed by atoms with van der Waals surface area (Å²) in [7, 11) is 0. The third-order valence-corrected chi connectivity index (χ3v) is 3.47. The number of aromatic nitrogens is 2. The number of nitrogens with zero attached hydrogens (tertiary/aromatic N) is 2. The van der Waals surface area contributed by atoms with E-state index < -0.39 is 11.9 Å². The van der Waals surface area contributed by atoms with Crippen LogP contribution in [-0.2, 0) is 6.18 Å². The molecule has 0 amide bonds. The van der Waals surface area contributed by atoms with Gasteiger partial charge >= 0.3 is 6.18 Å². The molecular formula is C15H12BrF3N2O. The van der Waals surface area contributed by atoms with Crippen molar-refractivity contribution in [3.63, 3.8) is 0 Å². The number of ketones is 1. The predicted molar refractivity (Wildman–Crippen MR) is 80.1 cm³/mol. The minimum atomic E-state index is -4.53. The zero-order chi connectivity index (χ0) is 16.5. The summed E-state index contributed by atoms with van der Waals surface area (Å²) in [5.41, 5.74) is -0.342. The van der Waals surface area contributed by atoms with Crippen molar-refractivity contribution in [1.29, 1.82) is 0 Å². The maximum absolute atomic E-state index is 12.8. The van der Waals surface area contributed by atoms with Gasteiger partial charge in [0.15, 0.2) is 11.5 Å². The van der Waals surface area contributed by atoms with E-state index in [2.05, 4.69) is 20.9 Å². The number of hydrogen-bond donors (Lipinski definition) is 0. The number of allylic oxidation sites excluding steroid dienone is 2. The SMILES string of the molecule is C/C=C/C(=O)c1cc(Br)ccc1-n1cc(C(F)(F)F)nc1C. The van der Waals surface area contributed by atoms with Crippen molar-refractivity contribution in [2.24, 2.45) is 0 Å². The van der Waals surface area contributed by atoms with Crippen LogP contribution in [0.2, 0.25) is 0 Å². The van der Waals surface area contributed by atoms with Crippen molar-refractivity contribution >= 4 is 21.7 Å². The van der Waals surface area contributed by atoms with E-state index >= 15 is 0 Å². The maximum atomic E-state index is 12.8. The fourth-order valence-corrected chi connectivity index (χ4v) is 2.37. The highest BCUT2D eigenvalue weighted by Crippen LogP contribution is 2.30. The lowest BCUT2D eigenvalue weighted by molar-refractivity contribution is -0.141. The van der Waals surface area contributed by atoms with Crippen LogP contribution in [0.15, 0.2) is 41.0 Å². The van der Waals surface area contributed by atoms with Crippen LogP contribution in [0, 0.1) is 6.92 Å². The van der Waals surface area contributed by atoms with E-state index in [0.29, 0.717) is 15.7 Å². The third kappa shape index (κ3) is 3.30. The molecule has 0 atom stereocenters. The Hall–Kier alpha value is -1.89. The molecule has 0 aliphatic rings. The van der Waals surface area contributed by atoms with Crippen molar-refractivity contribution in [1.82, 2.24) is 9.55 Å². The van der Waals surface area contributed by atoms with Crippen LogP contribution >= 0.6 is 15.9 Å². The van der Waals surface area contributed by atoms with Gasteiger partial charge in [0.05, 0.1) is 5.69 Å². The average molecular weight is 373 g/mol. The smallest absolute Gasteiger partial charge is 0.303 e. The summed E-state index contributed by atoms with van der Waals surface area (Å²) in [6.45, 7) is 3.15. The highest BCUT2D eigenvalue weighted by Gasteiger charge is 2.34. The molecule has 22 heavy (non-hydrogen) atoms. The lowest BCUT2D eigenvalue weighted by Crippen LogP contribution is -2.06. The molecule has 7 heteroatoms. The molecule has 1 heterocycles. The van der Waals surface area contributed by atoms with Gasteiger partial charge in [-0.25, -0.2) is 4.98 Å². The molecule has 0 radical (unpaired) electrons. The van der Waals surface area contributed by atoms with E-state index in [1.807, 2.05) is 0 Å². The topological polar surface area (TPSA) is 34.9 Å². The van der Waals surface area contributed by atoms with Gasteiger partial charge in [-0.2, -0.15) is 13.2 Å². The molecule has 0 aliphatic carbocycles. The number of carbonyl (C=O) groups is 1. The number of carbonyl (C=O) groups excluding carboxylic acids is 1. The number of halogens is 4. The highest BCUT2D eigenvalue weighted by molar-refractivity contribution is 9.10. The number of hydrogen-bond acceptors (Lipinski definition) is 2. The van der Waals surface area contributed by atoms with Gasteiger partial charge in [0.1, 0.15) is 5.82 Å². The molecule has 0 unspecified atom stereocenters. The van der Waals surface area contributed by atoms with Crippen molar-refractivity contribution in [3.8, 4) is 5.69 Å². The molecule has 0 aliphatic heterocycles. The van der Waals surface area contributed by atoms with Crippen molar-refractivity contribution in [3.05, 3.63) is 58.1 Å². The fraction of sp³-hybridized carbons (Fsp3) is 0.200. The number of aryl methyl sites for hydroxylation is 1. The van der Waals surface area contributed by atoms with E-state index in [9.17, 15) is 18.0 Å². The summed E-state index contributed by atoms with van der Waals surface area (Å²) in [5, 5.41) is 0. The minimum Gasteiger partial charge on any atom is -0.303 e. The van der Waals surface area contributed by atoms with Crippen molar-refractivity contribution in [2.45, 2.75) is 20.0 Å². The molecule has 0 fully saturated rings. The van der Waals surface area contributed by atoms with Gasteiger partial charge in [-0.1, -0.05) is 22.0 Å². The van der Waals surface area contributed by atoms with Crippen LogP contribution in [0.4, 0.5) is 13.2 Å². The van der Waals surface area contributed by atoms with Gasteiger partial charge in [0, 0.05) is 16.2 Å². The van der Waals surface area contributed by atoms with E-state index in [-0.39, 0.29) is 11.6 Å². The van der Waals surface area contributed by atoms with Crippen LogP contribution < -0.4 is 0 Å². The molecule has 1 aromatic carbocycles. The zero-order valence-corrected chi connectivity index (χ0v) is 13.4. The molecular weight excluding hydrogens is 361 g/mol. The zero-order valence-electron chi connectivity index (χ0n) is 11.8. The third-order valence-electron chi connectivity index (χ3n) is 2.97. The summed E-state index contributed by atoms with van der Waals surface area (Å²) in [4.78, 5) is 15.7. The number of alkyl halides is 3. The van der Waals surface area contributed by atoms with Crippen molar-refractivity contribution in [2.75, 3.05) is 0 Å². The Morgan fingerprint density at radius 2 is 2.05 bits per heavy atom. The minimum absolute atomic E-state index is 0.157. The molecule has 0 spiro atoms. The van der Waals surface area contributed by atoms with Gasteiger partial charge in [0.2, 0.25) is 0 Å². The Balaban J connectivity index is 2.63. The Kier molecular flexibility index (Phi) is 4.55. The largest absolute Gasteiger partial charge is 0.434 e. The molecule has 0 N–H and O–H groups in total. The lowest BCUT2D eigenvalue weighted by atomic mass is 10.1. The highest BCUT2D eigenvalue weighted by atomic mass is 79.9. The Morgan fingerprint density at radius 1 is 1.36 bits per heavy atom. The predicted octanol–water partition coefficient (Wildman–Crippen LogP) is 4.72. The average Bonchev–Trinajstić information content (AvgIpc) is 2.81. The van der Waals surface area contributed by atoms with Gasteiger partial charge < -0.3 is 4.57 Å². The molecule has 1 aromatic heterocycles. The molecule has 2 rings (SSSR count). The van der Waals surface area contributed by atoms with E-state index in [0.717, 1.165) is 6.20 Å². The maximum Gasteiger partial charge on any atom is 0.434 e. The first-order valence-corrected chi connectivity index (χ1v) is 7.13. The van der Waals surface area contributed by atoms with Crippen LogP contribution in [-0.4, -0.2) is 15.3 Å². The normalized spacial score (nSPS) is 12.1. The number of rotatable bonds is 3. The Labute approximate surface area is 133 Å². The molecule has 3 nitrogen and oxygen atoms in total. The second-order valence-corrected chi connectivity index (χ2v) is 5.48. The molecule has 2 aromatic rings. The van der Waals surface area contributed by atoms with Crippen LogP contribution in [0.25, 0.3) is 5.69 Å². The second kappa shape index (κ2) is 6.08. The lowest BCUT2D eigenvalue weighted by Gasteiger charge is -2.10. The quantitative estimate of drug-likeness (QED) is 0.577. The van der Waals surface area contributed by atoms with Gasteiger partial charge in [-0.3, -0.25) is 4.79 Å². The van der Waals surface area contributed by atoms with E-state index in [1.165, 1.54) is 17.6 Å². The monoisotopic (exact) mass is 372 g/mol. The first-order valence-electron chi connectivity index (χ1n) is 6.34. The van der Waals surface area contributed by atoms with Crippen LogP contribution in [0.5, 0.6) is 0 Å². The second-order valence-electron chi connectivity index (χ2n) is 4.57. The molecule has 0 saturated heterocycles. The molecule has 116 valence electrons. The van der Waals surface area contributed by atoms with Gasteiger partial charge in [-0.15, -0.1) is 0 Å². The summed E-state index contributed by atoms with van der Waals surface area (Å²) >= 11 is 3.26. The molecule has 0 bridgehead atoms. The standard InChI is InChI=1S/C15H12BrF3N2O/c1-3-4-13(22)11-7-10(16)5-6-12(11)21-8-14(15(17,18)19)20-9(21)2/h3-8H,1-2H3/b4-3+. The number of benzene rings is 1. The summed E-state index contributed by atoms with van der Waals surface area (Å²) in [6.07, 6.45) is -0.693. The van der Waals surface area contributed by atoms with Gasteiger partial charge in [-0.05, 0) is 38.1 Å². The summed E-state index contributed by atoms with van der Waals surface area (Å²) < 4.78 is 40.3. The Bertz CT molecular complexity index is 748. The van der Waals surface area contributed by atoms with Crippen LogP contribution in [0.1, 0.15) is 28.8 Å².